The van der Waals surface area contributed by atoms with Crippen molar-refractivity contribution in [3.8, 4) is 0 Å². The highest BCUT2D eigenvalue weighted by Gasteiger charge is 2.39. The summed E-state index contributed by atoms with van der Waals surface area (Å²) in [6.45, 7) is 0.996. The van der Waals surface area contributed by atoms with Gasteiger partial charge in [-0.25, -0.2) is 0 Å². The molecule has 1 aromatic rings. The maximum absolute atomic E-state index is 9.73. The van der Waals surface area contributed by atoms with E-state index in [1.807, 2.05) is 18.5 Å². The van der Waals surface area contributed by atoms with Crippen LogP contribution in [0, 0.1) is 0 Å². The fraction of sp³-hybridized carbons (Fsp3) is 0.615. The quantitative estimate of drug-likeness (QED) is 0.818. The molecule has 0 amide bonds. The zero-order chi connectivity index (χ0) is 11.0. The molecular formula is C13H18N2O. The summed E-state index contributed by atoms with van der Waals surface area (Å²) in [5, 5.41) is 9.73. The first-order valence-electron chi connectivity index (χ1n) is 6.15. The van der Waals surface area contributed by atoms with E-state index in [0.29, 0.717) is 12.1 Å². The van der Waals surface area contributed by atoms with Gasteiger partial charge in [0.25, 0.3) is 0 Å². The number of aliphatic hydroxyl groups excluding tert-OH is 1. The monoisotopic (exact) mass is 218 g/mol. The first kappa shape index (κ1) is 10.2. The molecule has 2 saturated heterocycles. The van der Waals surface area contributed by atoms with E-state index in [2.05, 4.69) is 16.0 Å². The summed E-state index contributed by atoms with van der Waals surface area (Å²) in [4.78, 5) is 6.72. The lowest BCUT2D eigenvalue weighted by molar-refractivity contribution is 0.0310. The van der Waals surface area contributed by atoms with Crippen LogP contribution in [0.4, 0.5) is 0 Å². The molecule has 16 heavy (non-hydrogen) atoms. The molecule has 3 nitrogen and oxygen atoms in total. The van der Waals surface area contributed by atoms with Gasteiger partial charge in [0.1, 0.15) is 0 Å². The zero-order valence-electron chi connectivity index (χ0n) is 9.42. The third-order valence-corrected chi connectivity index (χ3v) is 3.95. The topological polar surface area (TPSA) is 36.4 Å². The number of hydrogen-bond donors (Lipinski definition) is 1. The van der Waals surface area contributed by atoms with Gasteiger partial charge in [0, 0.05) is 31.0 Å². The molecule has 0 aliphatic carbocycles. The molecule has 2 aliphatic rings. The normalized spacial score (nSPS) is 34.2. The van der Waals surface area contributed by atoms with Crippen LogP contribution in [0.5, 0.6) is 0 Å². The van der Waals surface area contributed by atoms with Gasteiger partial charge in [0.05, 0.1) is 6.10 Å². The van der Waals surface area contributed by atoms with Gasteiger partial charge >= 0.3 is 0 Å². The molecule has 2 unspecified atom stereocenters. The van der Waals surface area contributed by atoms with Crippen LogP contribution in [0.1, 0.15) is 31.2 Å². The molecule has 0 saturated carbocycles. The maximum Gasteiger partial charge on any atom is 0.0570 e. The van der Waals surface area contributed by atoms with Crippen molar-refractivity contribution in [2.24, 2.45) is 0 Å². The molecule has 0 aromatic carbocycles. The van der Waals surface area contributed by atoms with Crippen LogP contribution in [0.3, 0.4) is 0 Å². The van der Waals surface area contributed by atoms with Crippen molar-refractivity contribution in [2.75, 3.05) is 0 Å². The average Bonchev–Trinajstić information content (AvgIpc) is 2.54. The molecule has 0 spiro atoms. The zero-order valence-corrected chi connectivity index (χ0v) is 9.42. The van der Waals surface area contributed by atoms with E-state index < -0.39 is 0 Å². The van der Waals surface area contributed by atoms with Gasteiger partial charge in [-0.2, -0.15) is 0 Å². The Hall–Kier alpha value is -0.930. The second-order valence-electron chi connectivity index (χ2n) is 5.04. The first-order chi connectivity index (χ1) is 7.83. The number of aromatic nitrogens is 1. The number of fused-ring (bicyclic) bond motifs is 2. The van der Waals surface area contributed by atoms with Crippen molar-refractivity contribution in [3.63, 3.8) is 0 Å². The van der Waals surface area contributed by atoms with Crippen molar-refractivity contribution in [3.05, 3.63) is 30.1 Å². The Morgan fingerprint density at radius 2 is 2.06 bits per heavy atom. The lowest BCUT2D eigenvalue weighted by Crippen LogP contribution is -2.44. The molecule has 0 radical (unpaired) electrons. The maximum atomic E-state index is 9.73. The number of rotatable bonds is 2. The highest BCUT2D eigenvalue weighted by atomic mass is 16.3. The number of nitrogens with zero attached hydrogens (tertiary/aromatic N) is 2. The summed E-state index contributed by atoms with van der Waals surface area (Å²) < 4.78 is 0. The van der Waals surface area contributed by atoms with Crippen LogP contribution in [0.15, 0.2) is 24.5 Å². The summed E-state index contributed by atoms with van der Waals surface area (Å²) in [6, 6.07) is 5.32. The minimum Gasteiger partial charge on any atom is -0.393 e. The lowest BCUT2D eigenvalue weighted by Gasteiger charge is -2.37. The Bertz CT molecular complexity index is 340. The van der Waals surface area contributed by atoms with Crippen LogP contribution >= 0.6 is 0 Å². The predicted molar refractivity (Wildman–Crippen MR) is 61.8 cm³/mol. The van der Waals surface area contributed by atoms with Crippen LogP contribution in [-0.2, 0) is 6.54 Å². The highest BCUT2D eigenvalue weighted by molar-refractivity contribution is 5.10. The Morgan fingerprint density at radius 3 is 2.69 bits per heavy atom. The van der Waals surface area contributed by atoms with Crippen LogP contribution in [0.25, 0.3) is 0 Å². The van der Waals surface area contributed by atoms with Gasteiger partial charge in [-0.1, -0.05) is 6.07 Å². The second-order valence-corrected chi connectivity index (χ2v) is 5.04. The number of piperidine rings is 1. The summed E-state index contributed by atoms with van der Waals surface area (Å²) in [6.07, 6.45) is 8.11. The highest BCUT2D eigenvalue weighted by Crippen LogP contribution is 2.36. The van der Waals surface area contributed by atoms with Gasteiger partial charge in [0.15, 0.2) is 0 Å². The van der Waals surface area contributed by atoms with E-state index in [4.69, 9.17) is 0 Å². The van der Waals surface area contributed by atoms with Crippen molar-refractivity contribution < 1.29 is 5.11 Å². The molecule has 2 atom stereocenters. The largest absolute Gasteiger partial charge is 0.393 e. The average molecular weight is 218 g/mol. The predicted octanol–water partition coefficient (Wildman–Crippen LogP) is 1.57. The van der Waals surface area contributed by atoms with Crippen LogP contribution in [0.2, 0.25) is 0 Å². The molecule has 1 N–H and O–H groups in total. The smallest absolute Gasteiger partial charge is 0.0570 e. The molecule has 2 bridgehead atoms. The Labute approximate surface area is 96.1 Å². The van der Waals surface area contributed by atoms with Gasteiger partial charge in [-0.05, 0) is 37.3 Å². The third kappa shape index (κ3) is 1.85. The lowest BCUT2D eigenvalue weighted by atomic mass is 9.99. The summed E-state index contributed by atoms with van der Waals surface area (Å²) in [5.41, 5.74) is 1.29. The van der Waals surface area contributed by atoms with E-state index in [1.165, 1.54) is 18.4 Å². The fourth-order valence-corrected chi connectivity index (χ4v) is 3.21. The minimum absolute atomic E-state index is 0.0670. The molecule has 1 aromatic heterocycles. The Balaban J connectivity index is 1.72. The molecular weight excluding hydrogens is 200 g/mol. The van der Waals surface area contributed by atoms with Crippen molar-refractivity contribution in [2.45, 2.75) is 50.4 Å². The number of hydrogen-bond acceptors (Lipinski definition) is 3. The SMILES string of the molecule is OC1CC2CCC(C1)N2Cc1cccnc1. The molecule has 86 valence electrons. The summed E-state index contributed by atoms with van der Waals surface area (Å²) >= 11 is 0. The van der Waals surface area contributed by atoms with E-state index >= 15 is 0 Å². The van der Waals surface area contributed by atoms with E-state index in [0.717, 1.165) is 19.4 Å². The molecule has 3 heteroatoms. The molecule has 3 heterocycles. The Kier molecular flexibility index (Phi) is 2.65. The third-order valence-electron chi connectivity index (χ3n) is 3.95. The van der Waals surface area contributed by atoms with Crippen LogP contribution in [-0.4, -0.2) is 33.2 Å². The van der Waals surface area contributed by atoms with Crippen molar-refractivity contribution in [1.82, 2.24) is 9.88 Å². The van der Waals surface area contributed by atoms with Gasteiger partial charge in [0.2, 0.25) is 0 Å². The van der Waals surface area contributed by atoms with Crippen molar-refractivity contribution >= 4 is 0 Å². The minimum atomic E-state index is -0.0670. The van der Waals surface area contributed by atoms with Gasteiger partial charge < -0.3 is 5.11 Å². The number of pyridine rings is 1. The summed E-state index contributed by atoms with van der Waals surface area (Å²) in [7, 11) is 0. The van der Waals surface area contributed by atoms with E-state index in [1.54, 1.807) is 0 Å². The molecule has 2 fully saturated rings. The fourth-order valence-electron chi connectivity index (χ4n) is 3.21. The molecule has 3 rings (SSSR count). The van der Waals surface area contributed by atoms with Gasteiger partial charge in [-0.3, -0.25) is 9.88 Å². The van der Waals surface area contributed by atoms with Gasteiger partial charge in [-0.15, -0.1) is 0 Å². The Morgan fingerprint density at radius 1 is 1.31 bits per heavy atom. The first-order valence-corrected chi connectivity index (χ1v) is 6.15. The van der Waals surface area contributed by atoms with Crippen molar-refractivity contribution in [1.29, 1.82) is 0 Å². The summed E-state index contributed by atoms with van der Waals surface area (Å²) in [5.74, 6) is 0. The van der Waals surface area contributed by atoms with Crippen LogP contribution < -0.4 is 0 Å². The second kappa shape index (κ2) is 4.15. The van der Waals surface area contributed by atoms with E-state index in [-0.39, 0.29) is 6.10 Å². The van der Waals surface area contributed by atoms with E-state index in [9.17, 15) is 5.11 Å². The standard InChI is InChI=1S/C13H18N2O/c16-13-6-11-3-4-12(7-13)15(11)9-10-2-1-5-14-8-10/h1-2,5,8,11-13,16H,3-4,6-7,9H2. The molecule has 2 aliphatic heterocycles. The number of aliphatic hydroxyl groups is 1.